The molecule has 1 aromatic carbocycles. The van der Waals surface area contributed by atoms with E-state index in [0.29, 0.717) is 43.2 Å². The zero-order valence-corrected chi connectivity index (χ0v) is 16.8. The molecule has 0 radical (unpaired) electrons. The van der Waals surface area contributed by atoms with E-state index in [1.807, 2.05) is 11.8 Å². The smallest absolute Gasteiger partial charge is 0.298 e. The first-order valence-electron chi connectivity index (χ1n) is 9.16. The zero-order valence-electron chi connectivity index (χ0n) is 16.0. The number of piperazine rings is 1. The van der Waals surface area contributed by atoms with Crippen LogP contribution in [0.4, 0.5) is 5.82 Å². The number of anilines is 1. The number of benzene rings is 1. The number of hydrogen-bond acceptors (Lipinski definition) is 6. The zero-order chi connectivity index (χ0) is 20.3. The van der Waals surface area contributed by atoms with E-state index in [4.69, 9.17) is 5.26 Å². The first-order valence-corrected chi connectivity index (χ1v) is 11.0. The van der Waals surface area contributed by atoms with Gasteiger partial charge in [0.25, 0.3) is 5.56 Å². The number of nitriles is 1. The summed E-state index contributed by atoms with van der Waals surface area (Å²) in [5, 5.41) is 8.98. The standard InChI is InChI=1S/C19H23N5O3S/c1-3-4-16-14-24(17-7-5-15(13-20)6-8-17)19(25)18(21-16)22-9-11-23(12-10-22)28(2,26)27/h5-8,14H,3-4,9-12H2,1-2H3. The fourth-order valence-corrected chi connectivity index (χ4v) is 4.06. The van der Waals surface area contributed by atoms with Gasteiger partial charge >= 0.3 is 0 Å². The minimum absolute atomic E-state index is 0.252. The molecule has 148 valence electrons. The third-order valence-corrected chi connectivity index (χ3v) is 6.03. The van der Waals surface area contributed by atoms with Gasteiger partial charge in [-0.05, 0) is 30.7 Å². The van der Waals surface area contributed by atoms with Gasteiger partial charge < -0.3 is 4.90 Å². The van der Waals surface area contributed by atoms with Crippen molar-refractivity contribution in [1.82, 2.24) is 13.9 Å². The number of nitrogens with zero attached hydrogens (tertiary/aromatic N) is 5. The summed E-state index contributed by atoms with van der Waals surface area (Å²) in [6, 6.07) is 8.89. The summed E-state index contributed by atoms with van der Waals surface area (Å²) in [7, 11) is -3.24. The summed E-state index contributed by atoms with van der Waals surface area (Å²) in [5.41, 5.74) is 1.74. The average molecular weight is 401 g/mol. The van der Waals surface area contributed by atoms with Crippen molar-refractivity contribution in [3.8, 4) is 11.8 Å². The van der Waals surface area contributed by atoms with Gasteiger partial charge in [-0.15, -0.1) is 0 Å². The molecule has 2 aromatic rings. The maximum absolute atomic E-state index is 13.1. The Morgan fingerprint density at radius 2 is 1.79 bits per heavy atom. The summed E-state index contributed by atoms with van der Waals surface area (Å²) in [4.78, 5) is 19.5. The van der Waals surface area contributed by atoms with Crippen molar-refractivity contribution < 1.29 is 8.42 Å². The lowest BCUT2D eigenvalue weighted by atomic mass is 10.2. The first kappa shape index (κ1) is 20.0. The highest BCUT2D eigenvalue weighted by atomic mass is 32.2. The highest BCUT2D eigenvalue weighted by molar-refractivity contribution is 7.88. The van der Waals surface area contributed by atoms with Crippen LogP contribution in [0.3, 0.4) is 0 Å². The normalized spacial score (nSPS) is 15.4. The molecule has 1 aliphatic rings. The highest BCUT2D eigenvalue weighted by Crippen LogP contribution is 2.15. The fraction of sp³-hybridized carbons (Fsp3) is 0.421. The minimum Gasteiger partial charge on any atom is -0.349 e. The van der Waals surface area contributed by atoms with E-state index >= 15 is 0 Å². The lowest BCUT2D eigenvalue weighted by Crippen LogP contribution is -2.50. The van der Waals surface area contributed by atoms with Crippen molar-refractivity contribution in [2.75, 3.05) is 37.3 Å². The van der Waals surface area contributed by atoms with E-state index in [9.17, 15) is 13.2 Å². The maximum Gasteiger partial charge on any atom is 0.298 e. The highest BCUT2D eigenvalue weighted by Gasteiger charge is 2.26. The Balaban J connectivity index is 1.98. The fourth-order valence-electron chi connectivity index (χ4n) is 3.23. The SMILES string of the molecule is CCCc1cn(-c2ccc(C#N)cc2)c(=O)c(N2CCN(S(C)(=O)=O)CC2)n1. The van der Waals surface area contributed by atoms with Gasteiger partial charge in [-0.25, -0.2) is 13.4 Å². The second-order valence-corrected chi connectivity index (χ2v) is 8.77. The lowest BCUT2D eigenvalue weighted by Gasteiger charge is -2.33. The molecule has 1 saturated heterocycles. The minimum atomic E-state index is -3.24. The third kappa shape index (κ3) is 4.24. The largest absolute Gasteiger partial charge is 0.349 e. The van der Waals surface area contributed by atoms with Crippen molar-refractivity contribution in [2.45, 2.75) is 19.8 Å². The average Bonchev–Trinajstić information content (AvgIpc) is 2.69. The van der Waals surface area contributed by atoms with Gasteiger partial charge in [0.15, 0.2) is 5.82 Å². The molecular weight excluding hydrogens is 378 g/mol. The number of hydrogen-bond donors (Lipinski definition) is 0. The maximum atomic E-state index is 13.1. The monoisotopic (exact) mass is 401 g/mol. The van der Waals surface area contributed by atoms with Crippen molar-refractivity contribution in [3.63, 3.8) is 0 Å². The Kier molecular flexibility index (Phi) is 5.82. The van der Waals surface area contributed by atoms with E-state index in [-0.39, 0.29) is 5.56 Å². The number of aromatic nitrogens is 2. The molecule has 28 heavy (non-hydrogen) atoms. The molecule has 0 aliphatic carbocycles. The number of rotatable bonds is 5. The van der Waals surface area contributed by atoms with Crippen LogP contribution in [0.25, 0.3) is 5.69 Å². The van der Waals surface area contributed by atoms with Crippen LogP contribution in [0.15, 0.2) is 35.3 Å². The second kappa shape index (κ2) is 8.12. The molecule has 2 heterocycles. The van der Waals surface area contributed by atoms with Gasteiger partial charge in [0.1, 0.15) is 0 Å². The number of sulfonamides is 1. The van der Waals surface area contributed by atoms with Gasteiger partial charge in [0.2, 0.25) is 10.0 Å². The van der Waals surface area contributed by atoms with Crippen LogP contribution < -0.4 is 10.5 Å². The summed E-state index contributed by atoms with van der Waals surface area (Å²) in [6.45, 7) is 3.53. The topological polar surface area (TPSA) is 99.3 Å². The molecule has 1 aliphatic heterocycles. The summed E-state index contributed by atoms with van der Waals surface area (Å²) in [6.07, 6.45) is 4.55. The molecule has 0 spiro atoms. The van der Waals surface area contributed by atoms with Gasteiger partial charge in [0, 0.05) is 38.1 Å². The molecular formula is C19H23N5O3S. The van der Waals surface area contributed by atoms with Crippen LogP contribution in [0.5, 0.6) is 0 Å². The molecule has 0 bridgehead atoms. The third-order valence-electron chi connectivity index (χ3n) is 4.73. The van der Waals surface area contributed by atoms with Crippen molar-refractivity contribution in [3.05, 3.63) is 52.1 Å². The van der Waals surface area contributed by atoms with Crippen LogP contribution in [0.1, 0.15) is 24.6 Å². The molecule has 0 atom stereocenters. The Labute approximate surface area is 164 Å². The predicted molar refractivity (Wildman–Crippen MR) is 107 cm³/mol. The Morgan fingerprint density at radius 1 is 1.14 bits per heavy atom. The molecule has 0 N–H and O–H groups in total. The van der Waals surface area contributed by atoms with Gasteiger partial charge in [-0.1, -0.05) is 13.3 Å². The van der Waals surface area contributed by atoms with Crippen molar-refractivity contribution in [1.29, 1.82) is 5.26 Å². The Morgan fingerprint density at radius 3 is 2.32 bits per heavy atom. The van der Waals surface area contributed by atoms with Gasteiger partial charge in [0.05, 0.1) is 23.6 Å². The first-order chi connectivity index (χ1) is 13.3. The molecule has 8 nitrogen and oxygen atoms in total. The second-order valence-electron chi connectivity index (χ2n) is 6.79. The molecule has 0 amide bonds. The Hall–Kier alpha value is -2.70. The lowest BCUT2D eigenvalue weighted by molar-refractivity contribution is 0.386. The van der Waals surface area contributed by atoms with Crippen molar-refractivity contribution >= 4 is 15.8 Å². The molecule has 1 aromatic heterocycles. The van der Waals surface area contributed by atoms with Gasteiger partial charge in [-0.2, -0.15) is 9.57 Å². The predicted octanol–water partition coefficient (Wildman–Crippen LogP) is 1.14. The summed E-state index contributed by atoms with van der Waals surface area (Å²) >= 11 is 0. The van der Waals surface area contributed by atoms with Crippen LogP contribution in [0, 0.1) is 11.3 Å². The van der Waals surface area contributed by atoms with Crippen molar-refractivity contribution in [2.24, 2.45) is 0 Å². The molecule has 9 heteroatoms. The quantitative estimate of drug-likeness (QED) is 0.745. The van der Waals surface area contributed by atoms with Crippen LogP contribution >= 0.6 is 0 Å². The van der Waals surface area contributed by atoms with Crippen LogP contribution in [-0.2, 0) is 16.4 Å². The number of aryl methyl sites for hydroxylation is 1. The molecule has 3 rings (SSSR count). The van der Waals surface area contributed by atoms with E-state index < -0.39 is 10.0 Å². The molecule has 0 unspecified atom stereocenters. The van der Waals surface area contributed by atoms with Crippen LogP contribution in [0.2, 0.25) is 0 Å². The molecule has 0 saturated carbocycles. The van der Waals surface area contributed by atoms with E-state index in [1.54, 1.807) is 35.0 Å². The summed E-state index contributed by atoms with van der Waals surface area (Å²) in [5.74, 6) is 0.337. The van der Waals surface area contributed by atoms with E-state index in [1.165, 1.54) is 10.6 Å². The van der Waals surface area contributed by atoms with E-state index in [0.717, 1.165) is 18.5 Å². The Bertz CT molecular complexity index is 1050. The van der Waals surface area contributed by atoms with Gasteiger partial charge in [-0.3, -0.25) is 9.36 Å². The van der Waals surface area contributed by atoms with E-state index in [2.05, 4.69) is 11.1 Å². The summed E-state index contributed by atoms with van der Waals surface area (Å²) < 4.78 is 26.4. The van der Waals surface area contributed by atoms with Crippen LogP contribution in [-0.4, -0.2) is 54.7 Å². The molecule has 1 fully saturated rings.